The number of pyridine rings is 2. The van der Waals surface area contributed by atoms with Crippen LogP contribution in [0, 0.1) is 6.92 Å². The number of hydrogen-bond acceptors (Lipinski definition) is 1. The van der Waals surface area contributed by atoms with E-state index in [0.29, 0.717) is 0 Å². The minimum atomic E-state index is 0.0243. The van der Waals surface area contributed by atoms with Gasteiger partial charge in [-0.15, -0.1) is 0 Å². The summed E-state index contributed by atoms with van der Waals surface area (Å²) in [6.45, 7) is 1.97. The monoisotopic (exact) mass is 159 g/mol. The van der Waals surface area contributed by atoms with Crippen LogP contribution in [-0.2, 0) is 0 Å². The molecule has 0 aliphatic rings. The lowest BCUT2D eigenvalue weighted by Gasteiger charge is -1.99. The first-order valence-corrected chi connectivity index (χ1v) is 3.85. The molecule has 0 radical (unpaired) electrons. The number of rotatable bonds is 0. The van der Waals surface area contributed by atoms with Gasteiger partial charge in [-0.3, -0.25) is 9.20 Å². The molecule has 0 unspecified atom stereocenters. The normalized spacial score (nSPS) is 10.4. The first-order chi connectivity index (χ1) is 5.77. The van der Waals surface area contributed by atoms with Crippen LogP contribution in [0.4, 0.5) is 0 Å². The van der Waals surface area contributed by atoms with E-state index in [-0.39, 0.29) is 5.56 Å². The Balaban J connectivity index is 2.98. The van der Waals surface area contributed by atoms with E-state index in [9.17, 15) is 4.79 Å². The molecule has 0 aliphatic heterocycles. The lowest BCUT2D eigenvalue weighted by atomic mass is 10.3. The van der Waals surface area contributed by atoms with Crippen LogP contribution in [0.15, 0.2) is 41.3 Å². The van der Waals surface area contributed by atoms with Crippen LogP contribution >= 0.6 is 0 Å². The smallest absolute Gasteiger partial charge is 0.255 e. The van der Waals surface area contributed by atoms with Crippen LogP contribution < -0.4 is 5.56 Å². The van der Waals surface area contributed by atoms with Crippen molar-refractivity contribution >= 4 is 5.52 Å². The molecule has 0 atom stereocenters. The molecule has 60 valence electrons. The molecule has 0 fully saturated rings. The van der Waals surface area contributed by atoms with Crippen molar-refractivity contribution in [3.8, 4) is 0 Å². The van der Waals surface area contributed by atoms with Crippen molar-refractivity contribution in [1.82, 2.24) is 4.40 Å². The molecule has 0 N–H and O–H groups in total. The molecule has 2 aromatic heterocycles. The molecule has 0 aromatic carbocycles. The summed E-state index contributed by atoms with van der Waals surface area (Å²) in [4.78, 5) is 11.3. The Morgan fingerprint density at radius 2 is 2.00 bits per heavy atom. The Kier molecular flexibility index (Phi) is 1.47. The third-order valence-electron chi connectivity index (χ3n) is 1.87. The summed E-state index contributed by atoms with van der Waals surface area (Å²) < 4.78 is 1.65. The highest BCUT2D eigenvalue weighted by Gasteiger charge is 1.92. The molecule has 2 heterocycles. The number of aryl methyl sites for hydroxylation is 1. The molecule has 0 saturated heterocycles. The van der Waals surface area contributed by atoms with Gasteiger partial charge in [0, 0.05) is 17.8 Å². The average molecular weight is 159 g/mol. The van der Waals surface area contributed by atoms with Gasteiger partial charge in [0.15, 0.2) is 0 Å². The Hall–Kier alpha value is -1.57. The number of fused-ring (bicyclic) bond motifs is 1. The summed E-state index contributed by atoms with van der Waals surface area (Å²) in [7, 11) is 0. The molecule has 12 heavy (non-hydrogen) atoms. The van der Waals surface area contributed by atoms with Crippen molar-refractivity contribution in [2.24, 2.45) is 0 Å². The highest BCUT2D eigenvalue weighted by molar-refractivity contribution is 5.46. The fraction of sp³-hybridized carbons (Fsp3) is 0.100. The molecule has 2 rings (SSSR count). The summed E-state index contributed by atoms with van der Waals surface area (Å²) >= 11 is 0. The van der Waals surface area contributed by atoms with Crippen molar-refractivity contribution in [2.75, 3.05) is 0 Å². The highest BCUT2D eigenvalue weighted by Crippen LogP contribution is 2.01. The maximum atomic E-state index is 11.3. The van der Waals surface area contributed by atoms with Gasteiger partial charge in [0.1, 0.15) is 0 Å². The quantitative estimate of drug-likeness (QED) is 0.572. The van der Waals surface area contributed by atoms with E-state index in [1.54, 1.807) is 16.5 Å². The zero-order valence-corrected chi connectivity index (χ0v) is 6.82. The van der Waals surface area contributed by atoms with Gasteiger partial charge in [-0.1, -0.05) is 12.1 Å². The molecule has 0 amide bonds. The standard InChI is InChI=1S/C10H9NO/c1-8-5-6-9-3-2-4-10(12)11(9)7-8/h2-7H,1H3. The minimum Gasteiger partial charge on any atom is -0.284 e. The molecular weight excluding hydrogens is 150 g/mol. The van der Waals surface area contributed by atoms with Gasteiger partial charge >= 0.3 is 0 Å². The van der Waals surface area contributed by atoms with Gasteiger partial charge < -0.3 is 0 Å². The summed E-state index contributed by atoms with van der Waals surface area (Å²) in [6.07, 6.45) is 1.84. The van der Waals surface area contributed by atoms with Crippen LogP contribution in [0.5, 0.6) is 0 Å². The molecule has 2 heteroatoms. The van der Waals surface area contributed by atoms with E-state index in [0.717, 1.165) is 11.1 Å². The van der Waals surface area contributed by atoms with Gasteiger partial charge in [-0.05, 0) is 24.6 Å². The van der Waals surface area contributed by atoms with Crippen molar-refractivity contribution in [1.29, 1.82) is 0 Å². The second kappa shape index (κ2) is 2.48. The first kappa shape index (κ1) is 7.10. The number of nitrogens with zero attached hydrogens (tertiary/aromatic N) is 1. The third-order valence-corrected chi connectivity index (χ3v) is 1.87. The summed E-state index contributed by atoms with van der Waals surface area (Å²) in [5.74, 6) is 0. The predicted octanol–water partition coefficient (Wildman–Crippen LogP) is 1.61. The van der Waals surface area contributed by atoms with Crippen LogP contribution in [0.1, 0.15) is 5.56 Å². The Morgan fingerprint density at radius 3 is 2.83 bits per heavy atom. The summed E-state index contributed by atoms with van der Waals surface area (Å²) in [5, 5.41) is 0. The second-order valence-corrected chi connectivity index (χ2v) is 2.87. The molecule has 0 bridgehead atoms. The molecule has 0 saturated carbocycles. The van der Waals surface area contributed by atoms with Crippen molar-refractivity contribution in [3.63, 3.8) is 0 Å². The number of hydrogen-bond donors (Lipinski definition) is 0. The molecule has 2 nitrogen and oxygen atoms in total. The van der Waals surface area contributed by atoms with Crippen molar-refractivity contribution in [3.05, 3.63) is 52.4 Å². The molecule has 0 spiro atoms. The van der Waals surface area contributed by atoms with E-state index in [1.807, 2.05) is 31.3 Å². The van der Waals surface area contributed by atoms with Crippen molar-refractivity contribution < 1.29 is 0 Å². The fourth-order valence-electron chi connectivity index (χ4n) is 1.25. The summed E-state index contributed by atoms with van der Waals surface area (Å²) in [6, 6.07) is 9.19. The van der Waals surface area contributed by atoms with Crippen LogP contribution in [-0.4, -0.2) is 4.40 Å². The third kappa shape index (κ3) is 1.01. The first-order valence-electron chi connectivity index (χ1n) is 3.85. The Morgan fingerprint density at radius 1 is 1.17 bits per heavy atom. The zero-order valence-electron chi connectivity index (χ0n) is 6.82. The largest absolute Gasteiger partial charge is 0.284 e. The van der Waals surface area contributed by atoms with E-state index < -0.39 is 0 Å². The Bertz CT molecular complexity index is 470. The van der Waals surface area contributed by atoms with Crippen LogP contribution in [0.2, 0.25) is 0 Å². The van der Waals surface area contributed by atoms with E-state index in [2.05, 4.69) is 0 Å². The topological polar surface area (TPSA) is 21.5 Å². The van der Waals surface area contributed by atoms with Gasteiger partial charge in [0.25, 0.3) is 5.56 Å². The predicted molar refractivity (Wildman–Crippen MR) is 48.4 cm³/mol. The number of aromatic nitrogens is 1. The second-order valence-electron chi connectivity index (χ2n) is 2.87. The van der Waals surface area contributed by atoms with Crippen molar-refractivity contribution in [2.45, 2.75) is 6.92 Å². The molecule has 0 aliphatic carbocycles. The maximum absolute atomic E-state index is 11.3. The van der Waals surface area contributed by atoms with Gasteiger partial charge in [-0.2, -0.15) is 0 Å². The maximum Gasteiger partial charge on any atom is 0.255 e. The molecule has 2 aromatic rings. The highest BCUT2D eigenvalue weighted by atomic mass is 16.1. The summed E-state index contributed by atoms with van der Waals surface area (Å²) in [5.41, 5.74) is 2.06. The van der Waals surface area contributed by atoms with E-state index in [4.69, 9.17) is 0 Å². The van der Waals surface area contributed by atoms with Gasteiger partial charge in [0.2, 0.25) is 0 Å². The fourth-order valence-corrected chi connectivity index (χ4v) is 1.25. The zero-order chi connectivity index (χ0) is 8.55. The van der Waals surface area contributed by atoms with Crippen LogP contribution in [0.25, 0.3) is 5.52 Å². The molecular formula is C10H9NO. The average Bonchev–Trinajstić information content (AvgIpc) is 2.07. The lowest BCUT2D eigenvalue weighted by Crippen LogP contribution is -2.10. The van der Waals surface area contributed by atoms with E-state index >= 15 is 0 Å². The Labute approximate surface area is 70.1 Å². The van der Waals surface area contributed by atoms with Gasteiger partial charge in [0.05, 0.1) is 0 Å². The van der Waals surface area contributed by atoms with Crippen LogP contribution in [0.3, 0.4) is 0 Å². The SMILES string of the molecule is Cc1ccc2cccc(=O)n2c1. The van der Waals surface area contributed by atoms with E-state index in [1.165, 1.54) is 0 Å². The minimum absolute atomic E-state index is 0.0243. The van der Waals surface area contributed by atoms with Gasteiger partial charge in [-0.25, -0.2) is 0 Å². The lowest BCUT2D eigenvalue weighted by molar-refractivity contribution is 1.08.